The van der Waals surface area contributed by atoms with Crippen LogP contribution in [0.15, 0.2) is 47.5 Å². The standard InChI is InChI=1S/C22H17F4NO3/c1-2-30-22(29)27-11-15(7-13-3-5-17(23)9-19(13)25)21(28)16(12-27)8-14-4-6-18(24)10-20(14)26/h3-10H,2,11-12H2,1H3/b15-7-,16-8-. The number of hydrogen-bond acceptors (Lipinski definition) is 3. The van der Waals surface area contributed by atoms with Gasteiger partial charge in [0.2, 0.25) is 0 Å². The van der Waals surface area contributed by atoms with Crippen LogP contribution in [0.4, 0.5) is 22.4 Å². The Bertz CT molecular complexity index is 989. The zero-order valence-electron chi connectivity index (χ0n) is 15.9. The van der Waals surface area contributed by atoms with Crippen molar-refractivity contribution in [2.75, 3.05) is 19.7 Å². The third-order valence-electron chi connectivity index (χ3n) is 4.42. The van der Waals surface area contributed by atoms with Crippen molar-refractivity contribution in [2.24, 2.45) is 0 Å². The maximum absolute atomic E-state index is 14.0. The molecule has 1 amide bonds. The van der Waals surface area contributed by atoms with Crippen LogP contribution in [-0.4, -0.2) is 36.5 Å². The molecule has 30 heavy (non-hydrogen) atoms. The van der Waals surface area contributed by atoms with E-state index >= 15 is 0 Å². The number of rotatable bonds is 3. The van der Waals surface area contributed by atoms with Crippen molar-refractivity contribution in [3.05, 3.63) is 81.9 Å². The lowest BCUT2D eigenvalue weighted by atomic mass is 9.94. The molecule has 0 N–H and O–H groups in total. The first-order valence-corrected chi connectivity index (χ1v) is 9.06. The van der Waals surface area contributed by atoms with Gasteiger partial charge in [0.05, 0.1) is 19.7 Å². The zero-order chi connectivity index (χ0) is 21.8. The lowest BCUT2D eigenvalue weighted by Crippen LogP contribution is -2.41. The number of carbonyl (C=O) groups is 2. The molecule has 2 aromatic rings. The molecular formula is C22H17F4NO3. The highest BCUT2D eigenvalue weighted by molar-refractivity contribution is 6.15. The summed E-state index contributed by atoms with van der Waals surface area (Å²) >= 11 is 0. The lowest BCUT2D eigenvalue weighted by molar-refractivity contribution is -0.113. The topological polar surface area (TPSA) is 46.6 Å². The predicted molar refractivity (Wildman–Crippen MR) is 102 cm³/mol. The number of Topliss-reactive ketones (excluding diaryl/α,β-unsaturated/α-hetero) is 1. The van der Waals surface area contributed by atoms with Gasteiger partial charge >= 0.3 is 6.09 Å². The molecule has 0 saturated carbocycles. The first kappa shape index (κ1) is 21.3. The largest absolute Gasteiger partial charge is 0.450 e. The Labute approximate surface area is 170 Å². The Balaban J connectivity index is 2.03. The highest BCUT2D eigenvalue weighted by atomic mass is 19.1. The summed E-state index contributed by atoms with van der Waals surface area (Å²) in [6, 6.07) is 5.75. The van der Waals surface area contributed by atoms with Crippen molar-refractivity contribution in [3.63, 3.8) is 0 Å². The summed E-state index contributed by atoms with van der Waals surface area (Å²) in [4.78, 5) is 26.3. The Morgan fingerprint density at radius 1 is 0.933 bits per heavy atom. The van der Waals surface area contributed by atoms with Crippen LogP contribution < -0.4 is 0 Å². The van der Waals surface area contributed by atoms with Crippen LogP contribution >= 0.6 is 0 Å². The van der Waals surface area contributed by atoms with E-state index in [1.165, 1.54) is 17.1 Å². The molecule has 0 aromatic heterocycles. The molecule has 0 spiro atoms. The number of carbonyl (C=O) groups excluding carboxylic acids is 2. The van der Waals surface area contributed by atoms with Gasteiger partial charge in [-0.1, -0.05) is 0 Å². The van der Waals surface area contributed by atoms with Crippen LogP contribution in [0.25, 0.3) is 12.2 Å². The lowest BCUT2D eigenvalue weighted by Gasteiger charge is -2.29. The van der Waals surface area contributed by atoms with E-state index in [2.05, 4.69) is 0 Å². The molecule has 0 bridgehead atoms. The number of nitrogens with zero attached hydrogens (tertiary/aromatic N) is 1. The van der Waals surface area contributed by atoms with Gasteiger partial charge in [0.15, 0.2) is 5.78 Å². The Morgan fingerprint density at radius 2 is 1.40 bits per heavy atom. The minimum absolute atomic E-state index is 0.0357. The molecule has 156 valence electrons. The monoisotopic (exact) mass is 419 g/mol. The third-order valence-corrected chi connectivity index (χ3v) is 4.42. The normalized spacial score (nSPS) is 17.0. The highest BCUT2D eigenvalue weighted by Gasteiger charge is 2.30. The van der Waals surface area contributed by atoms with E-state index in [1.807, 2.05) is 0 Å². The number of ether oxygens (including phenoxy) is 1. The van der Waals surface area contributed by atoms with Gasteiger partial charge in [0, 0.05) is 34.4 Å². The van der Waals surface area contributed by atoms with E-state index in [0.29, 0.717) is 12.1 Å². The van der Waals surface area contributed by atoms with Gasteiger partial charge in [-0.25, -0.2) is 22.4 Å². The van der Waals surface area contributed by atoms with Gasteiger partial charge in [-0.15, -0.1) is 0 Å². The minimum atomic E-state index is -0.876. The van der Waals surface area contributed by atoms with Crippen LogP contribution in [0.1, 0.15) is 18.1 Å². The van der Waals surface area contributed by atoms with E-state index in [1.54, 1.807) is 6.92 Å². The molecule has 4 nitrogen and oxygen atoms in total. The fraction of sp³-hybridized carbons (Fsp3) is 0.182. The Kier molecular flexibility index (Phi) is 6.34. The summed E-state index contributed by atoms with van der Waals surface area (Å²) in [6.45, 7) is 1.37. The van der Waals surface area contributed by atoms with Crippen LogP contribution in [-0.2, 0) is 9.53 Å². The fourth-order valence-corrected chi connectivity index (χ4v) is 3.00. The highest BCUT2D eigenvalue weighted by Crippen LogP contribution is 2.24. The Hall–Kier alpha value is -3.42. The molecule has 1 fully saturated rings. The second kappa shape index (κ2) is 8.94. The third kappa shape index (κ3) is 4.76. The van der Waals surface area contributed by atoms with E-state index in [4.69, 9.17) is 4.74 Å². The van der Waals surface area contributed by atoms with Crippen molar-refractivity contribution in [2.45, 2.75) is 6.92 Å². The quantitative estimate of drug-likeness (QED) is 0.533. The molecule has 1 saturated heterocycles. The summed E-state index contributed by atoms with van der Waals surface area (Å²) in [6.07, 6.45) is 1.70. The van der Waals surface area contributed by atoms with Gasteiger partial charge < -0.3 is 4.74 Å². The fourth-order valence-electron chi connectivity index (χ4n) is 3.00. The van der Waals surface area contributed by atoms with E-state index in [0.717, 1.165) is 24.3 Å². The summed E-state index contributed by atoms with van der Waals surface area (Å²) < 4.78 is 59.4. The summed E-state index contributed by atoms with van der Waals surface area (Å²) in [7, 11) is 0. The van der Waals surface area contributed by atoms with Crippen molar-refractivity contribution in [1.82, 2.24) is 4.90 Å². The second-order valence-corrected chi connectivity index (χ2v) is 6.55. The summed E-state index contributed by atoms with van der Waals surface area (Å²) in [5, 5.41) is 0. The number of piperidine rings is 1. The average molecular weight is 419 g/mol. The van der Waals surface area contributed by atoms with Gasteiger partial charge in [0.25, 0.3) is 0 Å². The van der Waals surface area contributed by atoms with Crippen molar-refractivity contribution in [3.8, 4) is 0 Å². The molecule has 3 rings (SSSR count). The molecular weight excluding hydrogens is 402 g/mol. The van der Waals surface area contributed by atoms with Crippen molar-refractivity contribution < 1.29 is 31.9 Å². The smallest absolute Gasteiger partial charge is 0.410 e. The molecule has 2 aromatic carbocycles. The van der Waals surface area contributed by atoms with Gasteiger partial charge in [0.1, 0.15) is 23.3 Å². The molecule has 8 heteroatoms. The number of benzene rings is 2. The first-order valence-electron chi connectivity index (χ1n) is 9.06. The Morgan fingerprint density at radius 3 is 1.80 bits per heavy atom. The maximum Gasteiger partial charge on any atom is 0.410 e. The second-order valence-electron chi connectivity index (χ2n) is 6.55. The molecule has 0 atom stereocenters. The minimum Gasteiger partial charge on any atom is -0.450 e. The van der Waals surface area contributed by atoms with Crippen LogP contribution in [0.2, 0.25) is 0 Å². The van der Waals surface area contributed by atoms with Gasteiger partial charge in [-0.05, 0) is 43.3 Å². The molecule has 0 radical (unpaired) electrons. The van der Waals surface area contributed by atoms with Crippen LogP contribution in [0.3, 0.4) is 0 Å². The zero-order valence-corrected chi connectivity index (χ0v) is 15.9. The molecule has 1 aliphatic heterocycles. The van der Waals surface area contributed by atoms with Gasteiger partial charge in [-0.3, -0.25) is 9.69 Å². The van der Waals surface area contributed by atoms with Crippen molar-refractivity contribution in [1.29, 1.82) is 0 Å². The van der Waals surface area contributed by atoms with Crippen LogP contribution in [0, 0.1) is 23.3 Å². The van der Waals surface area contributed by atoms with E-state index < -0.39 is 35.1 Å². The summed E-state index contributed by atoms with van der Waals surface area (Å²) in [5.41, 5.74) is -0.0160. The van der Waals surface area contributed by atoms with Crippen molar-refractivity contribution >= 4 is 24.0 Å². The maximum atomic E-state index is 14.0. The van der Waals surface area contributed by atoms with E-state index in [9.17, 15) is 27.2 Å². The number of likely N-dealkylation sites (tertiary alicyclic amines) is 1. The molecule has 1 heterocycles. The number of amides is 1. The predicted octanol–water partition coefficient (Wildman–Crippen LogP) is 4.75. The number of halogens is 4. The SMILES string of the molecule is CCOC(=O)N1C/C(=C/c2ccc(F)cc2F)C(=O)/C(=C\c2ccc(F)cc2F)C1. The molecule has 0 aliphatic carbocycles. The number of ketones is 1. The number of hydrogen-bond donors (Lipinski definition) is 0. The summed E-state index contributed by atoms with van der Waals surface area (Å²) in [5.74, 6) is -3.84. The van der Waals surface area contributed by atoms with E-state index in [-0.39, 0.29) is 42.0 Å². The molecule has 1 aliphatic rings. The van der Waals surface area contributed by atoms with Gasteiger partial charge in [-0.2, -0.15) is 0 Å². The first-order chi connectivity index (χ1) is 14.3. The molecule has 0 unspecified atom stereocenters. The van der Waals surface area contributed by atoms with Crippen LogP contribution in [0.5, 0.6) is 0 Å². The average Bonchev–Trinajstić information content (AvgIpc) is 2.69.